The summed E-state index contributed by atoms with van der Waals surface area (Å²) in [4.78, 5) is 23.8. The Bertz CT molecular complexity index is 502. The molecule has 0 aliphatic rings. The number of amides is 2. The molecule has 0 radical (unpaired) electrons. The van der Waals surface area contributed by atoms with Gasteiger partial charge in [0.2, 0.25) is 5.91 Å². The minimum atomic E-state index is -0.786. The fourth-order valence-corrected chi connectivity index (χ4v) is 1.94. The number of nitrogens with two attached hydrogens (primary N) is 1. The van der Waals surface area contributed by atoms with Crippen LogP contribution in [0.4, 0.5) is 0 Å². The number of carbonyl (C=O) groups excluding carboxylic acids is 2. The lowest BCUT2D eigenvalue weighted by atomic mass is 10.1. The zero-order valence-electron chi connectivity index (χ0n) is 12.2. The van der Waals surface area contributed by atoms with Gasteiger partial charge >= 0.3 is 0 Å². The van der Waals surface area contributed by atoms with E-state index in [1.54, 1.807) is 0 Å². The van der Waals surface area contributed by atoms with Gasteiger partial charge in [-0.05, 0) is 18.6 Å². The number of hydrogen-bond donors (Lipinski definition) is 3. The van der Waals surface area contributed by atoms with Crippen LogP contribution in [0, 0.1) is 0 Å². The van der Waals surface area contributed by atoms with Crippen molar-refractivity contribution < 1.29 is 19.8 Å². The van der Waals surface area contributed by atoms with Gasteiger partial charge < -0.3 is 10.2 Å². The summed E-state index contributed by atoms with van der Waals surface area (Å²) in [5.74, 6) is 3.65. The van der Waals surface area contributed by atoms with E-state index in [4.69, 9.17) is 5.84 Å². The fourth-order valence-electron chi connectivity index (χ4n) is 1.94. The molecule has 0 atom stereocenters. The zero-order chi connectivity index (χ0) is 15.8. The third-order valence-electron chi connectivity index (χ3n) is 3.19. The summed E-state index contributed by atoms with van der Waals surface area (Å²) in [6.45, 7) is 2.11. The average Bonchev–Trinajstić information content (AvgIpc) is 2.45. The summed E-state index contributed by atoms with van der Waals surface area (Å²) in [7, 11) is 0. The van der Waals surface area contributed by atoms with Crippen LogP contribution >= 0.6 is 0 Å². The molecule has 0 fully saturated rings. The van der Waals surface area contributed by atoms with Crippen molar-refractivity contribution in [2.45, 2.75) is 45.4 Å². The average molecular weight is 294 g/mol. The van der Waals surface area contributed by atoms with E-state index in [-0.39, 0.29) is 17.7 Å². The molecule has 21 heavy (non-hydrogen) atoms. The Balaban J connectivity index is 2.55. The van der Waals surface area contributed by atoms with E-state index in [2.05, 4.69) is 6.92 Å². The van der Waals surface area contributed by atoms with Crippen molar-refractivity contribution in [1.82, 2.24) is 5.01 Å². The van der Waals surface area contributed by atoms with E-state index in [9.17, 15) is 19.8 Å². The van der Waals surface area contributed by atoms with Crippen LogP contribution in [0.5, 0.6) is 11.5 Å². The molecule has 1 aromatic rings. The first-order valence-corrected chi connectivity index (χ1v) is 7.11. The SMILES string of the molecule is CCCCCCCC(=O)N(N)C(=O)c1ccc(O)cc1O. The van der Waals surface area contributed by atoms with Gasteiger partial charge in [0.1, 0.15) is 11.5 Å². The molecule has 2 amide bonds. The molecule has 0 heterocycles. The third-order valence-corrected chi connectivity index (χ3v) is 3.19. The second-order valence-corrected chi connectivity index (χ2v) is 4.93. The smallest absolute Gasteiger partial charge is 0.278 e. The number of phenolic OH excluding ortho intramolecular Hbond substituents is 2. The molecule has 1 rings (SSSR count). The van der Waals surface area contributed by atoms with Crippen LogP contribution in [0.3, 0.4) is 0 Å². The van der Waals surface area contributed by atoms with Gasteiger partial charge in [0.25, 0.3) is 5.91 Å². The van der Waals surface area contributed by atoms with Gasteiger partial charge in [-0.25, -0.2) is 10.9 Å². The maximum absolute atomic E-state index is 12.0. The Kier molecular flexibility index (Phi) is 6.68. The molecule has 0 saturated carbocycles. The molecule has 0 bridgehead atoms. The normalized spacial score (nSPS) is 10.4. The molecule has 6 nitrogen and oxygen atoms in total. The predicted molar refractivity (Wildman–Crippen MR) is 78.5 cm³/mol. The molecule has 0 unspecified atom stereocenters. The van der Waals surface area contributed by atoms with Gasteiger partial charge in [0.15, 0.2) is 0 Å². The van der Waals surface area contributed by atoms with E-state index >= 15 is 0 Å². The Morgan fingerprint density at radius 3 is 2.43 bits per heavy atom. The maximum atomic E-state index is 12.0. The van der Waals surface area contributed by atoms with Crippen molar-refractivity contribution in [2.24, 2.45) is 5.84 Å². The number of nitrogens with zero attached hydrogens (tertiary/aromatic N) is 1. The number of carbonyl (C=O) groups is 2. The highest BCUT2D eigenvalue weighted by Crippen LogP contribution is 2.23. The van der Waals surface area contributed by atoms with Gasteiger partial charge in [0.05, 0.1) is 5.56 Å². The van der Waals surface area contributed by atoms with Gasteiger partial charge in [-0.1, -0.05) is 32.6 Å². The molecule has 0 aromatic heterocycles. The summed E-state index contributed by atoms with van der Waals surface area (Å²) in [5.41, 5.74) is -0.116. The van der Waals surface area contributed by atoms with Gasteiger partial charge in [-0.2, -0.15) is 0 Å². The Morgan fingerprint density at radius 2 is 1.81 bits per heavy atom. The lowest BCUT2D eigenvalue weighted by molar-refractivity contribution is -0.129. The molecular formula is C15H22N2O4. The lowest BCUT2D eigenvalue weighted by Gasteiger charge is -2.15. The van der Waals surface area contributed by atoms with Crippen molar-refractivity contribution >= 4 is 11.8 Å². The van der Waals surface area contributed by atoms with Crippen molar-refractivity contribution in [1.29, 1.82) is 0 Å². The number of unbranched alkanes of at least 4 members (excludes halogenated alkanes) is 4. The first kappa shape index (κ1) is 17.0. The van der Waals surface area contributed by atoms with Crippen LogP contribution in [-0.2, 0) is 4.79 Å². The molecular weight excluding hydrogens is 272 g/mol. The molecule has 4 N–H and O–H groups in total. The largest absolute Gasteiger partial charge is 0.508 e. The quantitative estimate of drug-likeness (QED) is 0.310. The van der Waals surface area contributed by atoms with Crippen LogP contribution in [0.25, 0.3) is 0 Å². The van der Waals surface area contributed by atoms with Crippen molar-refractivity contribution in [3.63, 3.8) is 0 Å². The van der Waals surface area contributed by atoms with E-state index in [1.165, 1.54) is 12.1 Å². The Morgan fingerprint density at radius 1 is 1.14 bits per heavy atom. The molecule has 0 aliphatic heterocycles. The molecule has 1 aromatic carbocycles. The van der Waals surface area contributed by atoms with Crippen molar-refractivity contribution in [3.8, 4) is 11.5 Å². The first-order valence-electron chi connectivity index (χ1n) is 7.11. The first-order chi connectivity index (χ1) is 9.97. The topological polar surface area (TPSA) is 104 Å². The second kappa shape index (κ2) is 8.26. The molecule has 0 saturated heterocycles. The summed E-state index contributed by atoms with van der Waals surface area (Å²) in [6.07, 6.45) is 5.11. The number of imide groups is 1. The standard InChI is InChI=1S/C15H22N2O4/c1-2-3-4-5-6-7-14(20)17(16)15(21)12-9-8-11(18)10-13(12)19/h8-10,18-19H,2-7,16H2,1H3. The predicted octanol–water partition coefficient (Wildman–Crippen LogP) is 2.30. The Labute approximate surface area is 124 Å². The van der Waals surface area contributed by atoms with Gasteiger partial charge in [-0.3, -0.25) is 9.59 Å². The molecule has 116 valence electrons. The molecule has 0 aliphatic carbocycles. The Hall–Kier alpha value is -2.08. The van der Waals surface area contributed by atoms with Crippen LogP contribution in [0.2, 0.25) is 0 Å². The van der Waals surface area contributed by atoms with E-state index < -0.39 is 17.6 Å². The summed E-state index contributed by atoms with van der Waals surface area (Å²) < 4.78 is 0. The number of aromatic hydroxyl groups is 2. The number of hydrogen-bond acceptors (Lipinski definition) is 5. The summed E-state index contributed by atoms with van der Waals surface area (Å²) in [5, 5.41) is 19.3. The maximum Gasteiger partial charge on any atom is 0.278 e. The molecule has 6 heteroatoms. The monoisotopic (exact) mass is 294 g/mol. The minimum Gasteiger partial charge on any atom is -0.508 e. The number of benzene rings is 1. The van der Waals surface area contributed by atoms with Crippen molar-refractivity contribution in [3.05, 3.63) is 23.8 Å². The van der Waals surface area contributed by atoms with Crippen LogP contribution in [0.15, 0.2) is 18.2 Å². The highest BCUT2D eigenvalue weighted by molar-refractivity contribution is 6.05. The summed E-state index contributed by atoms with van der Waals surface area (Å²) in [6, 6.07) is 3.49. The van der Waals surface area contributed by atoms with E-state index in [0.717, 1.165) is 31.7 Å². The lowest BCUT2D eigenvalue weighted by Crippen LogP contribution is -2.42. The fraction of sp³-hybridized carbons (Fsp3) is 0.467. The highest BCUT2D eigenvalue weighted by atomic mass is 16.3. The zero-order valence-corrected chi connectivity index (χ0v) is 12.2. The second-order valence-electron chi connectivity index (χ2n) is 4.93. The summed E-state index contributed by atoms with van der Waals surface area (Å²) >= 11 is 0. The van der Waals surface area contributed by atoms with Gasteiger partial charge in [0, 0.05) is 12.5 Å². The number of hydrazine groups is 1. The highest BCUT2D eigenvalue weighted by Gasteiger charge is 2.21. The van der Waals surface area contributed by atoms with Crippen LogP contribution in [0.1, 0.15) is 55.8 Å². The van der Waals surface area contributed by atoms with E-state index in [0.29, 0.717) is 11.4 Å². The number of rotatable bonds is 7. The molecule has 0 spiro atoms. The van der Waals surface area contributed by atoms with Crippen LogP contribution in [-0.4, -0.2) is 27.0 Å². The van der Waals surface area contributed by atoms with E-state index in [1.807, 2.05) is 0 Å². The van der Waals surface area contributed by atoms with Gasteiger partial charge in [-0.15, -0.1) is 0 Å². The van der Waals surface area contributed by atoms with Crippen molar-refractivity contribution in [2.75, 3.05) is 0 Å². The number of phenols is 2. The third kappa shape index (κ3) is 5.07. The van der Waals surface area contributed by atoms with Crippen LogP contribution < -0.4 is 5.84 Å². The minimum absolute atomic E-state index is 0.116.